The molecule has 0 spiro atoms. The summed E-state index contributed by atoms with van der Waals surface area (Å²) in [6.07, 6.45) is 4.21. The molecule has 1 aliphatic rings. The van der Waals surface area contributed by atoms with Crippen molar-refractivity contribution in [2.45, 2.75) is 31.7 Å². The Morgan fingerprint density at radius 3 is 3.00 bits per heavy atom. The fourth-order valence-corrected chi connectivity index (χ4v) is 3.74. The van der Waals surface area contributed by atoms with Gasteiger partial charge >= 0.3 is 0 Å². The predicted molar refractivity (Wildman–Crippen MR) is 91.4 cm³/mol. The number of rotatable bonds is 4. The van der Waals surface area contributed by atoms with E-state index in [0.717, 1.165) is 32.4 Å². The number of carbonyl (C=O) groups is 1. The van der Waals surface area contributed by atoms with Crippen molar-refractivity contribution in [1.29, 1.82) is 0 Å². The number of hydrogen-bond donors (Lipinski definition) is 2. The molecule has 1 aliphatic heterocycles. The summed E-state index contributed by atoms with van der Waals surface area (Å²) in [4.78, 5) is 12.0. The molecule has 0 bridgehead atoms. The van der Waals surface area contributed by atoms with E-state index in [0.29, 0.717) is 0 Å². The monoisotopic (exact) mass is 324 g/mol. The van der Waals surface area contributed by atoms with Gasteiger partial charge in [-0.05, 0) is 48.2 Å². The number of thiophene rings is 1. The summed E-state index contributed by atoms with van der Waals surface area (Å²) in [6.45, 7) is 1.69. The van der Waals surface area contributed by atoms with E-state index < -0.39 is 0 Å². The van der Waals surface area contributed by atoms with Crippen molar-refractivity contribution in [1.82, 2.24) is 10.6 Å². The molecule has 1 unspecified atom stereocenters. The van der Waals surface area contributed by atoms with Crippen molar-refractivity contribution in [3.63, 3.8) is 0 Å². The van der Waals surface area contributed by atoms with Gasteiger partial charge in [-0.3, -0.25) is 4.79 Å². The van der Waals surface area contributed by atoms with Crippen molar-refractivity contribution < 1.29 is 4.79 Å². The van der Waals surface area contributed by atoms with E-state index in [4.69, 9.17) is 0 Å². The molecule has 1 aromatic heterocycles. The molecule has 1 amide bonds. The minimum absolute atomic E-state index is 0. The standard InChI is InChI=1S/C16H20N2OS.ClH/c19-16(14-6-3-4-9-17-14)18-10-8-12-11-20-15-7-2-1-5-13(12)15;/h1-2,5,7,11,14,17H,3-4,6,8-10H2,(H,18,19);1H. The molecular formula is C16H21ClN2OS. The van der Waals surface area contributed by atoms with Crippen LogP contribution in [-0.2, 0) is 11.2 Å². The van der Waals surface area contributed by atoms with Crippen LogP contribution in [0.2, 0.25) is 0 Å². The van der Waals surface area contributed by atoms with Gasteiger partial charge in [-0.25, -0.2) is 0 Å². The third-order valence-corrected chi connectivity index (χ3v) is 4.89. The van der Waals surface area contributed by atoms with Gasteiger partial charge in [0.1, 0.15) is 0 Å². The number of carbonyl (C=O) groups excluding carboxylic acids is 1. The highest BCUT2D eigenvalue weighted by molar-refractivity contribution is 7.17. The molecule has 2 N–H and O–H groups in total. The van der Waals surface area contributed by atoms with E-state index >= 15 is 0 Å². The van der Waals surface area contributed by atoms with E-state index in [9.17, 15) is 4.79 Å². The maximum Gasteiger partial charge on any atom is 0.237 e. The van der Waals surface area contributed by atoms with E-state index in [1.54, 1.807) is 11.3 Å². The number of nitrogens with one attached hydrogen (secondary N) is 2. The van der Waals surface area contributed by atoms with Crippen molar-refractivity contribution in [3.05, 3.63) is 35.2 Å². The molecule has 2 heterocycles. The number of halogens is 1. The van der Waals surface area contributed by atoms with Crippen molar-refractivity contribution in [2.75, 3.05) is 13.1 Å². The van der Waals surface area contributed by atoms with Gasteiger partial charge in [-0.15, -0.1) is 23.7 Å². The summed E-state index contributed by atoms with van der Waals surface area (Å²) < 4.78 is 1.32. The number of amides is 1. The zero-order chi connectivity index (χ0) is 13.8. The Labute approximate surface area is 135 Å². The van der Waals surface area contributed by atoms with E-state index in [1.165, 1.54) is 22.1 Å². The second-order valence-corrected chi connectivity index (χ2v) is 6.21. The average Bonchev–Trinajstić information content (AvgIpc) is 2.92. The summed E-state index contributed by atoms with van der Waals surface area (Å²) in [5.41, 5.74) is 1.34. The smallest absolute Gasteiger partial charge is 0.237 e. The lowest BCUT2D eigenvalue weighted by Crippen LogP contribution is -2.47. The zero-order valence-corrected chi connectivity index (χ0v) is 13.6. The van der Waals surface area contributed by atoms with Crippen LogP contribution in [0.3, 0.4) is 0 Å². The minimum Gasteiger partial charge on any atom is -0.354 e. The summed E-state index contributed by atoms with van der Waals surface area (Å²) in [7, 11) is 0. The van der Waals surface area contributed by atoms with Crippen molar-refractivity contribution >= 4 is 39.7 Å². The van der Waals surface area contributed by atoms with E-state index in [-0.39, 0.29) is 24.4 Å². The first-order valence-electron chi connectivity index (χ1n) is 7.31. The number of piperidine rings is 1. The lowest BCUT2D eigenvalue weighted by molar-refractivity contribution is -0.123. The van der Waals surface area contributed by atoms with Gasteiger partial charge in [-0.1, -0.05) is 24.6 Å². The molecule has 1 atom stereocenters. The van der Waals surface area contributed by atoms with Crippen LogP contribution in [-0.4, -0.2) is 25.0 Å². The van der Waals surface area contributed by atoms with Gasteiger partial charge < -0.3 is 10.6 Å². The molecule has 3 rings (SSSR count). The lowest BCUT2D eigenvalue weighted by Gasteiger charge is -2.22. The highest BCUT2D eigenvalue weighted by Crippen LogP contribution is 2.25. The highest BCUT2D eigenvalue weighted by atomic mass is 35.5. The van der Waals surface area contributed by atoms with Gasteiger partial charge in [-0.2, -0.15) is 0 Å². The highest BCUT2D eigenvalue weighted by Gasteiger charge is 2.19. The summed E-state index contributed by atoms with van der Waals surface area (Å²) in [5.74, 6) is 0.157. The number of fused-ring (bicyclic) bond motifs is 1. The average molecular weight is 325 g/mol. The second kappa shape index (κ2) is 7.78. The van der Waals surface area contributed by atoms with Crippen LogP contribution in [0.5, 0.6) is 0 Å². The zero-order valence-electron chi connectivity index (χ0n) is 11.9. The van der Waals surface area contributed by atoms with Crippen LogP contribution in [0.15, 0.2) is 29.6 Å². The number of hydrogen-bond acceptors (Lipinski definition) is 3. The van der Waals surface area contributed by atoms with Gasteiger partial charge in [0.15, 0.2) is 0 Å². The van der Waals surface area contributed by atoms with Crippen LogP contribution in [0.25, 0.3) is 10.1 Å². The molecule has 2 aromatic rings. The molecule has 0 radical (unpaired) electrons. The topological polar surface area (TPSA) is 41.1 Å². The molecule has 1 fully saturated rings. The first-order chi connectivity index (χ1) is 9.84. The SMILES string of the molecule is Cl.O=C(NCCc1csc2ccccc12)C1CCCCN1. The third-order valence-electron chi connectivity index (χ3n) is 3.88. The normalized spacial score (nSPS) is 18.2. The Balaban J connectivity index is 0.00000161. The fourth-order valence-electron chi connectivity index (χ4n) is 2.75. The summed E-state index contributed by atoms with van der Waals surface area (Å²) >= 11 is 1.78. The van der Waals surface area contributed by atoms with Crippen LogP contribution < -0.4 is 10.6 Å². The van der Waals surface area contributed by atoms with Gasteiger partial charge in [0.05, 0.1) is 6.04 Å². The molecular weight excluding hydrogens is 304 g/mol. The maximum atomic E-state index is 12.0. The maximum absolute atomic E-state index is 12.0. The van der Waals surface area contributed by atoms with Crippen molar-refractivity contribution in [2.24, 2.45) is 0 Å². The first kappa shape index (κ1) is 16.3. The molecule has 114 valence electrons. The molecule has 3 nitrogen and oxygen atoms in total. The van der Waals surface area contributed by atoms with Gasteiger partial charge in [0.2, 0.25) is 5.91 Å². The Morgan fingerprint density at radius 2 is 2.19 bits per heavy atom. The molecule has 0 saturated carbocycles. The van der Waals surface area contributed by atoms with Crippen LogP contribution >= 0.6 is 23.7 Å². The van der Waals surface area contributed by atoms with Gasteiger partial charge in [0.25, 0.3) is 0 Å². The van der Waals surface area contributed by atoms with E-state index in [1.807, 2.05) is 0 Å². The van der Waals surface area contributed by atoms with Crippen LogP contribution in [0.1, 0.15) is 24.8 Å². The van der Waals surface area contributed by atoms with Crippen LogP contribution in [0, 0.1) is 0 Å². The number of benzene rings is 1. The third kappa shape index (κ3) is 3.96. The largest absolute Gasteiger partial charge is 0.354 e. The molecule has 1 aromatic carbocycles. The Hall–Kier alpha value is -1.10. The molecule has 1 saturated heterocycles. The molecule has 21 heavy (non-hydrogen) atoms. The molecule has 5 heteroatoms. The van der Waals surface area contributed by atoms with Crippen LogP contribution in [0.4, 0.5) is 0 Å². The Kier molecular flexibility index (Phi) is 6.03. The van der Waals surface area contributed by atoms with E-state index in [2.05, 4.69) is 40.3 Å². The fraction of sp³-hybridized carbons (Fsp3) is 0.438. The van der Waals surface area contributed by atoms with Gasteiger partial charge in [0, 0.05) is 11.2 Å². The van der Waals surface area contributed by atoms with Crippen molar-refractivity contribution in [3.8, 4) is 0 Å². The molecule has 0 aliphatic carbocycles. The predicted octanol–water partition coefficient (Wildman–Crippen LogP) is 3.12. The summed E-state index contributed by atoms with van der Waals surface area (Å²) in [5, 5.41) is 9.87. The summed E-state index contributed by atoms with van der Waals surface area (Å²) in [6, 6.07) is 8.46. The Bertz CT molecular complexity index is 593. The Morgan fingerprint density at radius 1 is 1.33 bits per heavy atom. The second-order valence-electron chi connectivity index (χ2n) is 5.30. The lowest BCUT2D eigenvalue weighted by atomic mass is 10.0. The quantitative estimate of drug-likeness (QED) is 0.907. The minimum atomic E-state index is 0. The first-order valence-corrected chi connectivity index (χ1v) is 8.19.